The molecule has 3 heterocycles. The quantitative estimate of drug-likeness (QED) is 0.107. The Balaban J connectivity index is 0.00000511. The van der Waals surface area contributed by atoms with E-state index in [9.17, 15) is 0 Å². The molecule has 1 atom stereocenters. The average molecular weight is 1030 g/mol. The van der Waals surface area contributed by atoms with Crippen LogP contribution in [0.3, 0.4) is 0 Å². The molecule has 0 N–H and O–H groups in total. The largest absolute Gasteiger partial charge is 0.510 e. The van der Waals surface area contributed by atoms with Crippen LogP contribution >= 0.6 is 0 Å². The fourth-order valence-corrected chi connectivity index (χ4v) is 8.99. The van der Waals surface area contributed by atoms with Crippen LogP contribution in [0, 0.1) is 23.9 Å². The van der Waals surface area contributed by atoms with Crippen molar-refractivity contribution in [1.29, 1.82) is 0 Å². The van der Waals surface area contributed by atoms with Gasteiger partial charge in [-0.25, -0.2) is 4.98 Å². The normalized spacial score (nSPS) is 12.1. The molecule has 0 bridgehead atoms. The summed E-state index contributed by atoms with van der Waals surface area (Å²) in [4.78, 5) is 4.97. The number of nitrogens with zero attached hydrogens (tertiary/aromatic N) is 4. The molecular weight excluding hydrogens is 988 g/mol. The maximum absolute atomic E-state index is 6.71. The fraction of sp³-hybridized carbons (Fsp3) is 0.100. The van der Waals surface area contributed by atoms with Crippen LogP contribution in [0.5, 0.6) is 11.5 Å². The van der Waals surface area contributed by atoms with E-state index in [1.807, 2.05) is 30.5 Å². The van der Waals surface area contributed by atoms with Crippen molar-refractivity contribution in [2.24, 2.45) is 5.41 Å². The van der Waals surface area contributed by atoms with Crippen molar-refractivity contribution in [3.05, 3.63) is 224 Å². The molecule has 0 spiro atoms. The number of pyridine rings is 1. The van der Waals surface area contributed by atoms with E-state index < -0.39 is 0 Å². The van der Waals surface area contributed by atoms with Gasteiger partial charge >= 0.3 is 0 Å². The molecule has 324 valence electrons. The molecule has 11 rings (SSSR count). The number of rotatable bonds is 9. The van der Waals surface area contributed by atoms with E-state index in [-0.39, 0.29) is 26.5 Å². The predicted octanol–water partition coefficient (Wildman–Crippen LogP) is 14.7. The van der Waals surface area contributed by atoms with Crippen LogP contribution in [-0.4, -0.2) is 14.1 Å². The first-order valence-corrected chi connectivity index (χ1v) is 22.2. The van der Waals surface area contributed by atoms with Crippen LogP contribution in [0.1, 0.15) is 39.2 Å². The number of ether oxygens (including phenoxy) is 1. The maximum atomic E-state index is 6.71. The molecule has 0 aliphatic heterocycles. The maximum Gasteiger partial charge on any atom is 0.268 e. The Morgan fingerprint density at radius 2 is 1.20 bits per heavy atom. The third kappa shape index (κ3) is 7.84. The van der Waals surface area contributed by atoms with Gasteiger partial charge in [-0.05, 0) is 79.5 Å². The van der Waals surface area contributed by atoms with Crippen molar-refractivity contribution in [2.75, 3.05) is 0 Å². The molecule has 0 saturated carbocycles. The van der Waals surface area contributed by atoms with E-state index in [0.29, 0.717) is 17.4 Å². The average Bonchev–Trinajstić information content (AvgIpc) is 3.90. The Morgan fingerprint density at radius 3 is 1.89 bits per heavy atom. The van der Waals surface area contributed by atoms with Gasteiger partial charge in [0.15, 0.2) is 0 Å². The third-order valence-electron chi connectivity index (χ3n) is 12.8. The number of fused-ring (bicyclic) bond motifs is 4. The second kappa shape index (κ2) is 17.6. The SMILES string of the molecule is CC(c1ccnc(-n2c3[c-]c(Oc4[c-]c(-n5[c-][n+](-c6c(-c7ccccc7)cccc6-c6ccccc6)c6ccccc65)ccc4)ccc3c3cc(-c4ccccc4)ccc32)c1)C(C)(C)C.[Pt]. The molecule has 0 amide bonds. The Morgan fingerprint density at radius 1 is 0.561 bits per heavy atom. The Kier molecular flexibility index (Phi) is 11.3. The molecular formula is C60H46N4OPt-2. The first-order valence-electron chi connectivity index (χ1n) is 22.2. The summed E-state index contributed by atoms with van der Waals surface area (Å²) >= 11 is 0. The molecule has 66 heavy (non-hydrogen) atoms. The summed E-state index contributed by atoms with van der Waals surface area (Å²) in [5.41, 5.74) is 14.0. The van der Waals surface area contributed by atoms with Gasteiger partial charge in [-0.3, -0.25) is 4.57 Å². The van der Waals surface area contributed by atoms with Gasteiger partial charge in [-0.1, -0.05) is 179 Å². The van der Waals surface area contributed by atoms with E-state index in [2.05, 4.69) is 230 Å². The number of imidazole rings is 1. The van der Waals surface area contributed by atoms with Gasteiger partial charge in [0.1, 0.15) is 5.82 Å². The van der Waals surface area contributed by atoms with Crippen molar-refractivity contribution in [2.45, 2.75) is 33.6 Å². The number of hydrogen-bond donors (Lipinski definition) is 0. The van der Waals surface area contributed by atoms with E-state index in [1.165, 1.54) is 11.1 Å². The number of hydrogen-bond acceptors (Lipinski definition) is 2. The minimum absolute atomic E-state index is 0. The van der Waals surface area contributed by atoms with Crippen LogP contribution < -0.4 is 9.30 Å². The zero-order valence-corrected chi connectivity index (χ0v) is 39.4. The molecule has 0 fully saturated rings. The van der Waals surface area contributed by atoms with Crippen molar-refractivity contribution in [3.8, 4) is 62.1 Å². The van der Waals surface area contributed by atoms with Crippen LogP contribution in [0.15, 0.2) is 200 Å². The number of para-hydroxylation sites is 3. The van der Waals surface area contributed by atoms with Crippen molar-refractivity contribution < 1.29 is 30.4 Å². The van der Waals surface area contributed by atoms with Gasteiger partial charge < -0.3 is 13.9 Å². The molecule has 11 aromatic rings. The molecule has 0 saturated heterocycles. The van der Waals surface area contributed by atoms with Crippen molar-refractivity contribution in [1.82, 2.24) is 14.1 Å². The van der Waals surface area contributed by atoms with Gasteiger partial charge in [0, 0.05) is 44.3 Å². The standard InChI is InChI=1S/C60H46N4O.Pt/c1-41(60(2,3)4)45-34-35-61-58(37-45)64-54-33-30-46(42-18-8-5-9-19-42)36-53(54)52-32-31-49(39-57(52)64)65-48-25-16-24-47(38-48)62-40-63(56-29-15-14-28-55(56)62)59-50(43-20-10-6-11-21-43)26-17-27-51(59)44-22-12-7-13-23-44;/h5-37,41H,1-4H3;/q-2;. The van der Waals surface area contributed by atoms with Gasteiger partial charge in [0.2, 0.25) is 0 Å². The minimum Gasteiger partial charge on any atom is -0.510 e. The fourth-order valence-electron chi connectivity index (χ4n) is 8.99. The van der Waals surface area contributed by atoms with Crippen molar-refractivity contribution in [3.63, 3.8) is 0 Å². The van der Waals surface area contributed by atoms with Crippen LogP contribution in [0.4, 0.5) is 0 Å². The van der Waals surface area contributed by atoms with Crippen molar-refractivity contribution >= 4 is 32.8 Å². The number of benzene rings is 8. The summed E-state index contributed by atoms with van der Waals surface area (Å²) in [5.74, 6) is 2.32. The minimum atomic E-state index is 0. The smallest absolute Gasteiger partial charge is 0.268 e. The number of aromatic nitrogens is 4. The Bertz CT molecular complexity index is 3460. The summed E-state index contributed by atoms with van der Waals surface area (Å²) in [7, 11) is 0. The zero-order chi connectivity index (χ0) is 44.1. The monoisotopic (exact) mass is 1030 g/mol. The van der Waals surface area contributed by atoms with Crippen LogP contribution in [-0.2, 0) is 21.1 Å². The molecule has 6 heteroatoms. The topological polar surface area (TPSA) is 35.9 Å². The summed E-state index contributed by atoms with van der Waals surface area (Å²) in [6.45, 7) is 9.15. The van der Waals surface area contributed by atoms with E-state index in [4.69, 9.17) is 9.72 Å². The summed E-state index contributed by atoms with van der Waals surface area (Å²) < 4.78 is 13.2. The van der Waals surface area contributed by atoms with Crippen LogP contribution in [0.25, 0.3) is 83.4 Å². The predicted molar refractivity (Wildman–Crippen MR) is 264 cm³/mol. The Hall–Kier alpha value is -7.33. The second-order valence-corrected chi connectivity index (χ2v) is 17.7. The molecule has 8 aromatic carbocycles. The summed E-state index contributed by atoms with van der Waals surface area (Å²) in [6, 6.07) is 75.1. The summed E-state index contributed by atoms with van der Waals surface area (Å²) in [6.07, 6.45) is 5.69. The summed E-state index contributed by atoms with van der Waals surface area (Å²) in [5, 5.41) is 2.20. The molecule has 0 aliphatic rings. The molecule has 5 nitrogen and oxygen atoms in total. The molecule has 0 radical (unpaired) electrons. The molecule has 3 aromatic heterocycles. The van der Waals surface area contributed by atoms with Gasteiger partial charge in [-0.15, -0.1) is 29.7 Å². The third-order valence-corrected chi connectivity index (χ3v) is 12.8. The van der Waals surface area contributed by atoms with Gasteiger partial charge in [-0.2, -0.15) is 18.2 Å². The van der Waals surface area contributed by atoms with Crippen LogP contribution in [0.2, 0.25) is 0 Å². The Labute approximate surface area is 400 Å². The first-order chi connectivity index (χ1) is 31.8. The van der Waals surface area contributed by atoms with E-state index >= 15 is 0 Å². The second-order valence-electron chi connectivity index (χ2n) is 17.7. The molecule has 1 unspecified atom stereocenters. The zero-order valence-electron chi connectivity index (χ0n) is 37.1. The van der Waals surface area contributed by atoms with E-state index in [1.54, 1.807) is 0 Å². The van der Waals surface area contributed by atoms with Gasteiger partial charge in [0.25, 0.3) is 6.33 Å². The molecule has 0 aliphatic carbocycles. The van der Waals surface area contributed by atoms with E-state index in [0.717, 1.165) is 77.8 Å². The first kappa shape index (κ1) is 42.6. The van der Waals surface area contributed by atoms with Gasteiger partial charge in [0.05, 0.1) is 16.7 Å².